The number of carboxylic acid groups (broad SMARTS) is 1. The lowest BCUT2D eigenvalue weighted by atomic mass is 9.94. The molecule has 1 aromatic heterocycles. The van der Waals surface area contributed by atoms with Gasteiger partial charge in [-0.2, -0.15) is 5.10 Å². The Bertz CT molecular complexity index is 737. The van der Waals surface area contributed by atoms with E-state index in [4.69, 9.17) is 0 Å². The Kier molecular flexibility index (Phi) is 3.63. The van der Waals surface area contributed by atoms with E-state index in [0.717, 1.165) is 22.2 Å². The summed E-state index contributed by atoms with van der Waals surface area (Å²) in [6.07, 6.45) is 1.83. The van der Waals surface area contributed by atoms with Crippen molar-refractivity contribution in [2.24, 2.45) is 0 Å². The molecular formula is C15H13BrN2O3. The van der Waals surface area contributed by atoms with Crippen molar-refractivity contribution in [3.63, 3.8) is 0 Å². The molecule has 1 aromatic carbocycles. The molecular weight excluding hydrogens is 336 g/mol. The van der Waals surface area contributed by atoms with Crippen LogP contribution in [0.5, 0.6) is 0 Å². The van der Waals surface area contributed by atoms with Gasteiger partial charge in [0.05, 0.1) is 17.8 Å². The molecule has 0 aliphatic heterocycles. The lowest BCUT2D eigenvalue weighted by molar-refractivity contribution is 0.0684. The van der Waals surface area contributed by atoms with Crippen LogP contribution in [-0.4, -0.2) is 26.6 Å². The predicted octanol–water partition coefficient (Wildman–Crippen LogP) is 2.91. The largest absolute Gasteiger partial charge is 0.476 e. The van der Waals surface area contributed by atoms with Crippen LogP contribution in [0.15, 0.2) is 28.7 Å². The zero-order valence-corrected chi connectivity index (χ0v) is 12.8. The Balaban J connectivity index is 2.05. The molecule has 0 atom stereocenters. The molecule has 3 rings (SSSR count). The van der Waals surface area contributed by atoms with E-state index in [1.807, 2.05) is 24.3 Å². The highest BCUT2D eigenvalue weighted by Gasteiger charge is 2.30. The predicted molar refractivity (Wildman–Crippen MR) is 79.7 cm³/mol. The van der Waals surface area contributed by atoms with E-state index in [-0.39, 0.29) is 11.5 Å². The van der Waals surface area contributed by atoms with Gasteiger partial charge in [0.1, 0.15) is 0 Å². The van der Waals surface area contributed by atoms with Gasteiger partial charge in [-0.05, 0) is 30.5 Å². The fraction of sp³-hybridized carbons (Fsp3) is 0.267. The van der Waals surface area contributed by atoms with Gasteiger partial charge in [-0.1, -0.05) is 28.1 Å². The molecule has 0 spiro atoms. The molecule has 6 heteroatoms. The fourth-order valence-corrected chi connectivity index (χ4v) is 3.12. The molecule has 21 heavy (non-hydrogen) atoms. The third-order valence-electron chi connectivity index (χ3n) is 3.58. The first-order chi connectivity index (χ1) is 10.1. The van der Waals surface area contributed by atoms with Crippen LogP contribution in [0.3, 0.4) is 0 Å². The van der Waals surface area contributed by atoms with Crippen molar-refractivity contribution in [3.8, 4) is 0 Å². The number of ketones is 1. The van der Waals surface area contributed by atoms with Crippen LogP contribution in [0.4, 0.5) is 0 Å². The summed E-state index contributed by atoms with van der Waals surface area (Å²) in [5.74, 6) is -1.26. The Labute approximate surface area is 129 Å². The number of Topliss-reactive ketones (excluding diaryl/α,β-unsaturated/α-hetero) is 1. The van der Waals surface area contributed by atoms with Gasteiger partial charge >= 0.3 is 5.97 Å². The number of carbonyl (C=O) groups excluding carboxylic acids is 1. The molecule has 1 aliphatic rings. The van der Waals surface area contributed by atoms with Crippen LogP contribution >= 0.6 is 15.9 Å². The van der Waals surface area contributed by atoms with Crippen LogP contribution in [0.25, 0.3) is 0 Å². The molecule has 108 valence electrons. The van der Waals surface area contributed by atoms with E-state index >= 15 is 0 Å². The van der Waals surface area contributed by atoms with Gasteiger partial charge in [0, 0.05) is 10.9 Å². The summed E-state index contributed by atoms with van der Waals surface area (Å²) in [7, 11) is 0. The number of aromatic nitrogens is 2. The third-order valence-corrected chi connectivity index (χ3v) is 4.07. The molecule has 0 unspecified atom stereocenters. The zero-order valence-electron chi connectivity index (χ0n) is 11.2. The van der Waals surface area contributed by atoms with Gasteiger partial charge in [-0.3, -0.25) is 9.48 Å². The number of fused-ring (bicyclic) bond motifs is 1. The summed E-state index contributed by atoms with van der Waals surface area (Å²) in [6.45, 7) is 0.461. The zero-order chi connectivity index (χ0) is 15.0. The summed E-state index contributed by atoms with van der Waals surface area (Å²) in [5, 5.41) is 13.4. The van der Waals surface area contributed by atoms with Crippen LogP contribution in [0.1, 0.15) is 44.9 Å². The number of carbonyl (C=O) groups is 2. The Morgan fingerprint density at radius 3 is 2.90 bits per heavy atom. The van der Waals surface area contributed by atoms with Gasteiger partial charge in [0.15, 0.2) is 11.5 Å². The minimum absolute atomic E-state index is 0.117. The van der Waals surface area contributed by atoms with Crippen LogP contribution in [-0.2, 0) is 13.0 Å². The highest BCUT2D eigenvalue weighted by atomic mass is 79.9. The van der Waals surface area contributed by atoms with Gasteiger partial charge in [-0.25, -0.2) is 4.79 Å². The second-order valence-electron chi connectivity index (χ2n) is 5.04. The molecule has 0 amide bonds. The standard InChI is InChI=1S/C15H13BrN2O3/c16-10-4-1-3-9(7-10)8-18-11-5-2-6-12(19)13(11)14(17-18)15(20)21/h1,3-4,7H,2,5-6,8H2,(H,20,21). The van der Waals surface area contributed by atoms with E-state index in [9.17, 15) is 14.7 Å². The smallest absolute Gasteiger partial charge is 0.357 e. The van der Waals surface area contributed by atoms with Crippen molar-refractivity contribution < 1.29 is 14.7 Å². The molecule has 0 saturated carbocycles. The van der Waals surface area contributed by atoms with E-state index in [1.165, 1.54) is 0 Å². The van der Waals surface area contributed by atoms with Crippen LogP contribution in [0, 0.1) is 0 Å². The maximum absolute atomic E-state index is 12.0. The first kappa shape index (κ1) is 14.0. The van der Waals surface area contributed by atoms with Gasteiger partial charge in [-0.15, -0.1) is 0 Å². The number of hydrogen-bond acceptors (Lipinski definition) is 3. The molecule has 0 saturated heterocycles. The van der Waals surface area contributed by atoms with Crippen LogP contribution in [0.2, 0.25) is 0 Å². The maximum Gasteiger partial charge on any atom is 0.357 e. The average Bonchev–Trinajstić information content (AvgIpc) is 2.79. The number of aromatic carboxylic acids is 1. The topological polar surface area (TPSA) is 72.2 Å². The fourth-order valence-electron chi connectivity index (χ4n) is 2.67. The third kappa shape index (κ3) is 2.63. The molecule has 1 N–H and O–H groups in total. The van der Waals surface area contributed by atoms with Crippen molar-refractivity contribution >= 4 is 27.7 Å². The number of benzene rings is 1. The summed E-state index contributed by atoms with van der Waals surface area (Å²) in [6, 6.07) is 7.75. The summed E-state index contributed by atoms with van der Waals surface area (Å²) < 4.78 is 2.60. The maximum atomic E-state index is 12.0. The molecule has 0 radical (unpaired) electrons. The van der Waals surface area contributed by atoms with E-state index in [0.29, 0.717) is 24.9 Å². The summed E-state index contributed by atoms with van der Waals surface area (Å²) in [4.78, 5) is 23.3. The SMILES string of the molecule is O=C(O)c1nn(Cc2cccc(Br)c2)c2c1C(=O)CCC2. The Morgan fingerprint density at radius 1 is 1.38 bits per heavy atom. The van der Waals surface area contributed by atoms with E-state index < -0.39 is 5.97 Å². The first-order valence-corrected chi connectivity index (χ1v) is 7.46. The highest BCUT2D eigenvalue weighted by Crippen LogP contribution is 2.25. The average molecular weight is 349 g/mol. The molecule has 0 bridgehead atoms. The van der Waals surface area contributed by atoms with E-state index in [1.54, 1.807) is 4.68 Å². The number of carboxylic acids is 1. The van der Waals surface area contributed by atoms with E-state index in [2.05, 4.69) is 21.0 Å². The van der Waals surface area contributed by atoms with Gasteiger partial charge in [0.2, 0.25) is 0 Å². The lowest BCUT2D eigenvalue weighted by Gasteiger charge is -2.13. The molecule has 2 aromatic rings. The van der Waals surface area contributed by atoms with Crippen molar-refractivity contribution in [1.29, 1.82) is 0 Å². The highest BCUT2D eigenvalue weighted by molar-refractivity contribution is 9.10. The normalized spacial score (nSPS) is 14.0. The second-order valence-corrected chi connectivity index (χ2v) is 5.96. The van der Waals surface area contributed by atoms with Crippen LogP contribution < -0.4 is 0 Å². The molecule has 5 nitrogen and oxygen atoms in total. The van der Waals surface area contributed by atoms with Crippen molar-refractivity contribution in [2.75, 3.05) is 0 Å². The van der Waals surface area contributed by atoms with Gasteiger partial charge in [0.25, 0.3) is 0 Å². The number of halogens is 1. The number of nitrogens with zero attached hydrogens (tertiary/aromatic N) is 2. The van der Waals surface area contributed by atoms with Crippen molar-refractivity contribution in [1.82, 2.24) is 9.78 Å². The molecule has 0 fully saturated rings. The second kappa shape index (κ2) is 5.44. The Hall–Kier alpha value is -1.95. The van der Waals surface area contributed by atoms with Gasteiger partial charge < -0.3 is 5.11 Å². The van der Waals surface area contributed by atoms with Crippen molar-refractivity contribution in [2.45, 2.75) is 25.8 Å². The quantitative estimate of drug-likeness (QED) is 0.925. The minimum atomic E-state index is -1.14. The molecule has 1 aliphatic carbocycles. The number of hydrogen-bond donors (Lipinski definition) is 1. The Morgan fingerprint density at radius 2 is 2.19 bits per heavy atom. The van der Waals surface area contributed by atoms with Crippen molar-refractivity contribution in [3.05, 3.63) is 51.3 Å². The summed E-state index contributed by atoms with van der Waals surface area (Å²) >= 11 is 3.41. The number of rotatable bonds is 3. The first-order valence-electron chi connectivity index (χ1n) is 6.67. The molecule has 1 heterocycles. The monoisotopic (exact) mass is 348 g/mol. The lowest BCUT2D eigenvalue weighted by Crippen LogP contribution is -2.15. The summed E-state index contributed by atoms with van der Waals surface area (Å²) in [5.41, 5.74) is 1.92. The minimum Gasteiger partial charge on any atom is -0.476 e.